The quantitative estimate of drug-likeness (QED) is 0.901. The van der Waals surface area contributed by atoms with Crippen LogP contribution in [0.4, 0.5) is 14.5 Å². The van der Waals surface area contributed by atoms with Gasteiger partial charge in [0.15, 0.2) is 0 Å². The van der Waals surface area contributed by atoms with Crippen molar-refractivity contribution in [3.05, 3.63) is 24.3 Å². The van der Waals surface area contributed by atoms with Gasteiger partial charge in [-0.2, -0.15) is 8.78 Å². The summed E-state index contributed by atoms with van der Waals surface area (Å²) in [4.78, 5) is 1.41. The van der Waals surface area contributed by atoms with Crippen LogP contribution >= 0.6 is 0 Å². The van der Waals surface area contributed by atoms with Crippen LogP contribution in [0.2, 0.25) is 0 Å². The predicted molar refractivity (Wildman–Crippen MR) is 64.4 cm³/mol. The SMILES string of the molecule is NC1CCN(c2ccccc2S(=O)(=O)C(F)F)C1. The van der Waals surface area contributed by atoms with E-state index >= 15 is 0 Å². The second-order valence-electron chi connectivity index (χ2n) is 4.27. The van der Waals surface area contributed by atoms with Crippen LogP contribution in [0.1, 0.15) is 6.42 Å². The Hall–Kier alpha value is -1.21. The molecule has 1 saturated heterocycles. The van der Waals surface area contributed by atoms with Gasteiger partial charge in [0.25, 0.3) is 0 Å². The van der Waals surface area contributed by atoms with E-state index in [-0.39, 0.29) is 10.9 Å². The van der Waals surface area contributed by atoms with Crippen molar-refractivity contribution < 1.29 is 17.2 Å². The Morgan fingerprint density at radius 2 is 2.00 bits per heavy atom. The Morgan fingerprint density at radius 1 is 1.33 bits per heavy atom. The molecule has 2 rings (SSSR count). The molecule has 1 aliphatic heterocycles. The fraction of sp³-hybridized carbons (Fsp3) is 0.455. The number of rotatable bonds is 3. The number of halogens is 2. The summed E-state index contributed by atoms with van der Waals surface area (Å²) in [7, 11) is -4.58. The number of nitrogens with zero attached hydrogens (tertiary/aromatic N) is 1. The van der Waals surface area contributed by atoms with Crippen LogP contribution in [-0.4, -0.2) is 33.3 Å². The maximum absolute atomic E-state index is 12.6. The minimum Gasteiger partial charge on any atom is -0.369 e. The number of hydrogen-bond acceptors (Lipinski definition) is 4. The molecule has 0 radical (unpaired) electrons. The fourth-order valence-electron chi connectivity index (χ4n) is 2.06. The number of sulfone groups is 1. The summed E-state index contributed by atoms with van der Waals surface area (Å²) >= 11 is 0. The van der Waals surface area contributed by atoms with Gasteiger partial charge < -0.3 is 10.6 Å². The van der Waals surface area contributed by atoms with E-state index in [4.69, 9.17) is 5.73 Å². The Labute approximate surface area is 104 Å². The molecule has 18 heavy (non-hydrogen) atoms. The number of nitrogens with two attached hydrogens (primary N) is 1. The van der Waals surface area contributed by atoms with Gasteiger partial charge in [0.1, 0.15) is 0 Å². The average Bonchev–Trinajstić information content (AvgIpc) is 2.75. The van der Waals surface area contributed by atoms with Crippen LogP contribution < -0.4 is 10.6 Å². The maximum Gasteiger partial charge on any atom is 0.341 e. The Bertz CT molecular complexity index is 534. The molecule has 1 aromatic rings. The normalized spacial score (nSPS) is 20.7. The Balaban J connectivity index is 2.44. The molecule has 1 atom stereocenters. The van der Waals surface area contributed by atoms with Crippen LogP contribution in [0.5, 0.6) is 0 Å². The Kier molecular flexibility index (Phi) is 3.54. The van der Waals surface area contributed by atoms with Crippen molar-refractivity contribution in [1.29, 1.82) is 0 Å². The smallest absolute Gasteiger partial charge is 0.341 e. The fourth-order valence-corrected chi connectivity index (χ4v) is 3.01. The predicted octanol–water partition coefficient (Wildman–Crippen LogP) is 1.22. The zero-order valence-electron chi connectivity index (χ0n) is 9.59. The number of para-hydroxylation sites is 1. The van der Waals surface area contributed by atoms with Gasteiger partial charge in [-0.1, -0.05) is 12.1 Å². The summed E-state index contributed by atoms with van der Waals surface area (Å²) in [5.74, 6) is -3.41. The molecule has 0 aromatic heterocycles. The van der Waals surface area contributed by atoms with E-state index < -0.39 is 15.6 Å². The van der Waals surface area contributed by atoms with Crippen molar-refractivity contribution in [2.45, 2.75) is 23.1 Å². The van der Waals surface area contributed by atoms with E-state index in [9.17, 15) is 17.2 Å². The van der Waals surface area contributed by atoms with E-state index in [1.54, 1.807) is 11.0 Å². The highest BCUT2D eigenvalue weighted by molar-refractivity contribution is 7.91. The number of hydrogen-bond donors (Lipinski definition) is 1. The van der Waals surface area contributed by atoms with Crippen LogP contribution in [-0.2, 0) is 9.84 Å². The molecule has 7 heteroatoms. The lowest BCUT2D eigenvalue weighted by molar-refractivity contribution is 0.235. The van der Waals surface area contributed by atoms with Crippen LogP contribution in [0.3, 0.4) is 0 Å². The summed E-state index contributed by atoms with van der Waals surface area (Å²) in [5.41, 5.74) is 6.05. The highest BCUT2D eigenvalue weighted by Crippen LogP contribution is 2.30. The zero-order chi connectivity index (χ0) is 13.3. The molecule has 0 bridgehead atoms. The number of alkyl halides is 2. The summed E-state index contributed by atoms with van der Waals surface area (Å²) in [6.45, 7) is 1.06. The minimum absolute atomic E-state index is 0.0488. The van der Waals surface area contributed by atoms with E-state index in [0.29, 0.717) is 18.8 Å². The van der Waals surface area contributed by atoms with E-state index in [1.165, 1.54) is 18.2 Å². The first-order chi connectivity index (χ1) is 8.43. The molecule has 1 aliphatic rings. The minimum atomic E-state index is -4.58. The standard InChI is InChI=1S/C11H14F2N2O2S/c12-11(13)18(16,17)10-4-2-1-3-9(10)15-6-5-8(14)7-15/h1-4,8,11H,5-7,14H2. The highest BCUT2D eigenvalue weighted by Gasteiger charge is 2.31. The van der Waals surface area contributed by atoms with Gasteiger partial charge in [0, 0.05) is 19.1 Å². The van der Waals surface area contributed by atoms with Crippen molar-refractivity contribution >= 4 is 15.5 Å². The lowest BCUT2D eigenvalue weighted by Crippen LogP contribution is -2.27. The van der Waals surface area contributed by atoms with Crippen molar-refractivity contribution in [3.63, 3.8) is 0 Å². The molecule has 4 nitrogen and oxygen atoms in total. The third-order valence-corrected chi connectivity index (χ3v) is 4.40. The molecule has 1 unspecified atom stereocenters. The third kappa shape index (κ3) is 2.32. The molecule has 100 valence electrons. The van der Waals surface area contributed by atoms with E-state index in [0.717, 1.165) is 6.42 Å². The summed E-state index contributed by atoms with van der Waals surface area (Å²) in [6.07, 6.45) is 0.725. The van der Waals surface area contributed by atoms with Gasteiger partial charge in [0.05, 0.1) is 10.6 Å². The van der Waals surface area contributed by atoms with Crippen molar-refractivity contribution in [2.75, 3.05) is 18.0 Å². The molecular weight excluding hydrogens is 262 g/mol. The highest BCUT2D eigenvalue weighted by atomic mass is 32.2. The average molecular weight is 276 g/mol. The largest absolute Gasteiger partial charge is 0.369 e. The lowest BCUT2D eigenvalue weighted by atomic mass is 10.3. The summed E-state index contributed by atoms with van der Waals surface area (Å²) < 4.78 is 48.4. The van der Waals surface area contributed by atoms with Crippen LogP contribution in [0.15, 0.2) is 29.2 Å². The van der Waals surface area contributed by atoms with Crippen molar-refractivity contribution in [2.24, 2.45) is 5.73 Å². The molecule has 0 aliphatic carbocycles. The number of benzene rings is 1. The molecular formula is C11H14F2N2O2S. The lowest BCUT2D eigenvalue weighted by Gasteiger charge is -2.21. The summed E-state index contributed by atoms with van der Waals surface area (Å²) in [6, 6.07) is 5.76. The van der Waals surface area contributed by atoms with E-state index in [1.807, 2.05) is 0 Å². The molecule has 0 saturated carbocycles. The molecule has 2 N–H and O–H groups in total. The van der Waals surface area contributed by atoms with Gasteiger partial charge in [-0.3, -0.25) is 0 Å². The van der Waals surface area contributed by atoms with Crippen molar-refractivity contribution in [1.82, 2.24) is 0 Å². The summed E-state index contributed by atoms with van der Waals surface area (Å²) in [5, 5.41) is 0. The van der Waals surface area contributed by atoms with Gasteiger partial charge in [-0.25, -0.2) is 8.42 Å². The second kappa shape index (κ2) is 4.81. The molecule has 0 spiro atoms. The monoisotopic (exact) mass is 276 g/mol. The molecule has 0 amide bonds. The topological polar surface area (TPSA) is 63.4 Å². The first-order valence-electron chi connectivity index (χ1n) is 5.54. The third-order valence-electron chi connectivity index (χ3n) is 2.97. The van der Waals surface area contributed by atoms with Gasteiger partial charge in [0.2, 0.25) is 9.84 Å². The first-order valence-corrected chi connectivity index (χ1v) is 7.09. The van der Waals surface area contributed by atoms with Gasteiger partial charge >= 0.3 is 5.76 Å². The molecule has 1 heterocycles. The van der Waals surface area contributed by atoms with Crippen LogP contribution in [0, 0.1) is 0 Å². The second-order valence-corrected chi connectivity index (χ2v) is 6.15. The first kappa shape index (κ1) is 13.2. The van der Waals surface area contributed by atoms with Gasteiger partial charge in [-0.15, -0.1) is 0 Å². The maximum atomic E-state index is 12.6. The zero-order valence-corrected chi connectivity index (χ0v) is 10.4. The Morgan fingerprint density at radius 3 is 2.56 bits per heavy atom. The number of anilines is 1. The van der Waals surface area contributed by atoms with Crippen molar-refractivity contribution in [3.8, 4) is 0 Å². The molecule has 1 fully saturated rings. The van der Waals surface area contributed by atoms with Gasteiger partial charge in [-0.05, 0) is 18.6 Å². The van der Waals surface area contributed by atoms with Crippen LogP contribution in [0.25, 0.3) is 0 Å². The van der Waals surface area contributed by atoms with E-state index in [2.05, 4.69) is 0 Å². The molecule has 1 aromatic carbocycles.